The van der Waals surface area contributed by atoms with Crippen molar-refractivity contribution in [1.82, 2.24) is 14.8 Å². The first kappa shape index (κ1) is 16.7. The van der Waals surface area contributed by atoms with E-state index >= 15 is 0 Å². The summed E-state index contributed by atoms with van der Waals surface area (Å²) in [6, 6.07) is 4.46. The molecule has 1 N–H and O–H groups in total. The van der Waals surface area contributed by atoms with Gasteiger partial charge in [0.1, 0.15) is 0 Å². The Labute approximate surface area is 142 Å². The minimum absolute atomic E-state index is 0.0770. The molecule has 2 aliphatic heterocycles. The first-order valence-electron chi connectivity index (χ1n) is 8.55. The third-order valence-corrected chi connectivity index (χ3v) is 5.66. The van der Waals surface area contributed by atoms with Gasteiger partial charge in [0.05, 0.1) is 11.9 Å². The summed E-state index contributed by atoms with van der Waals surface area (Å²) in [6.45, 7) is 5.60. The van der Waals surface area contributed by atoms with E-state index in [0.717, 1.165) is 31.4 Å². The highest BCUT2D eigenvalue weighted by molar-refractivity contribution is 7.99. The molecule has 2 aliphatic rings. The van der Waals surface area contributed by atoms with Crippen molar-refractivity contribution < 1.29 is 4.79 Å². The Bertz CT molecular complexity index is 485. The van der Waals surface area contributed by atoms with Gasteiger partial charge in [-0.1, -0.05) is 0 Å². The summed E-state index contributed by atoms with van der Waals surface area (Å²) in [4.78, 5) is 21.1. The Morgan fingerprint density at radius 1 is 1.26 bits per heavy atom. The highest BCUT2D eigenvalue weighted by atomic mass is 32.2. The van der Waals surface area contributed by atoms with Crippen molar-refractivity contribution in [2.75, 3.05) is 49.5 Å². The minimum atomic E-state index is 0.0770. The first-order valence-corrected chi connectivity index (χ1v) is 9.71. The van der Waals surface area contributed by atoms with E-state index in [4.69, 9.17) is 0 Å². The van der Waals surface area contributed by atoms with Crippen LogP contribution in [0.1, 0.15) is 19.3 Å². The molecule has 0 atom stereocenters. The maximum atomic E-state index is 12.0. The average molecular weight is 334 g/mol. The van der Waals surface area contributed by atoms with Crippen LogP contribution in [-0.2, 0) is 4.79 Å². The van der Waals surface area contributed by atoms with Gasteiger partial charge in [0.15, 0.2) is 0 Å². The first-order chi connectivity index (χ1) is 11.3. The number of anilines is 1. The molecule has 2 fully saturated rings. The lowest BCUT2D eigenvalue weighted by Gasteiger charge is -2.40. The van der Waals surface area contributed by atoms with Crippen molar-refractivity contribution in [3.8, 4) is 0 Å². The Morgan fingerprint density at radius 2 is 2.04 bits per heavy atom. The molecule has 1 aromatic rings. The van der Waals surface area contributed by atoms with Gasteiger partial charge in [-0.05, 0) is 38.1 Å². The molecule has 0 bridgehead atoms. The molecule has 6 heteroatoms. The van der Waals surface area contributed by atoms with Crippen molar-refractivity contribution in [2.45, 2.75) is 25.3 Å². The normalized spacial score (nSPS) is 21.2. The number of likely N-dealkylation sites (tertiary alicyclic amines) is 1. The smallest absolute Gasteiger partial charge is 0.225 e. The molecular weight excluding hydrogens is 308 g/mol. The second-order valence-corrected chi connectivity index (χ2v) is 7.49. The van der Waals surface area contributed by atoms with Crippen LogP contribution in [0.4, 0.5) is 5.69 Å². The van der Waals surface area contributed by atoms with Gasteiger partial charge in [0.25, 0.3) is 0 Å². The van der Waals surface area contributed by atoms with Gasteiger partial charge in [-0.2, -0.15) is 11.8 Å². The number of carbonyl (C=O) groups is 1. The van der Waals surface area contributed by atoms with Crippen LogP contribution in [0.5, 0.6) is 0 Å². The number of rotatable bonds is 5. The molecule has 2 saturated heterocycles. The van der Waals surface area contributed by atoms with Gasteiger partial charge in [-0.3, -0.25) is 14.7 Å². The average Bonchev–Trinajstić information content (AvgIpc) is 2.62. The number of nitrogens with zero attached hydrogens (tertiary/aromatic N) is 3. The molecule has 126 valence electrons. The number of hydrogen-bond donors (Lipinski definition) is 1. The lowest BCUT2D eigenvalue weighted by Crippen LogP contribution is -2.48. The zero-order valence-electron chi connectivity index (χ0n) is 13.6. The van der Waals surface area contributed by atoms with Crippen LogP contribution in [0.15, 0.2) is 24.5 Å². The number of thioether (sulfide) groups is 1. The highest BCUT2D eigenvalue weighted by Gasteiger charge is 2.25. The number of pyridine rings is 1. The molecule has 0 aliphatic carbocycles. The number of piperidine rings is 1. The van der Waals surface area contributed by atoms with Crippen LogP contribution in [0.25, 0.3) is 0 Å². The van der Waals surface area contributed by atoms with Gasteiger partial charge < -0.3 is 10.2 Å². The molecule has 0 saturated carbocycles. The van der Waals surface area contributed by atoms with Gasteiger partial charge >= 0.3 is 0 Å². The van der Waals surface area contributed by atoms with Gasteiger partial charge in [0, 0.05) is 49.8 Å². The van der Waals surface area contributed by atoms with E-state index in [1.165, 1.54) is 37.4 Å². The van der Waals surface area contributed by atoms with Crippen molar-refractivity contribution in [1.29, 1.82) is 0 Å². The van der Waals surface area contributed by atoms with E-state index < -0.39 is 0 Å². The summed E-state index contributed by atoms with van der Waals surface area (Å²) in [5, 5.41) is 2.90. The zero-order valence-corrected chi connectivity index (χ0v) is 14.4. The number of nitrogens with one attached hydrogen (secondary N) is 1. The Morgan fingerprint density at radius 3 is 2.74 bits per heavy atom. The van der Waals surface area contributed by atoms with Crippen molar-refractivity contribution in [3.05, 3.63) is 24.5 Å². The topological polar surface area (TPSA) is 48.5 Å². The Balaban J connectivity index is 1.35. The molecule has 23 heavy (non-hydrogen) atoms. The van der Waals surface area contributed by atoms with Crippen LogP contribution in [0, 0.1) is 0 Å². The summed E-state index contributed by atoms with van der Waals surface area (Å²) in [5.74, 6) is 2.65. The Hall–Kier alpha value is -1.11. The minimum Gasteiger partial charge on any atom is -0.325 e. The lowest BCUT2D eigenvalue weighted by molar-refractivity contribution is -0.116. The number of hydrogen-bond acceptors (Lipinski definition) is 5. The summed E-state index contributed by atoms with van der Waals surface area (Å²) < 4.78 is 0. The second kappa shape index (κ2) is 8.66. The van der Waals surface area contributed by atoms with Crippen molar-refractivity contribution in [3.63, 3.8) is 0 Å². The van der Waals surface area contributed by atoms with E-state index in [1.807, 2.05) is 12.1 Å². The summed E-state index contributed by atoms with van der Waals surface area (Å²) in [7, 11) is 0. The Kier molecular flexibility index (Phi) is 6.30. The number of aromatic nitrogens is 1. The highest BCUT2D eigenvalue weighted by Crippen LogP contribution is 2.20. The van der Waals surface area contributed by atoms with Crippen molar-refractivity contribution >= 4 is 23.4 Å². The van der Waals surface area contributed by atoms with E-state index in [2.05, 4.69) is 31.9 Å². The van der Waals surface area contributed by atoms with E-state index in [0.29, 0.717) is 6.42 Å². The van der Waals surface area contributed by atoms with E-state index in [9.17, 15) is 4.79 Å². The fourth-order valence-corrected chi connectivity index (χ4v) is 4.30. The van der Waals surface area contributed by atoms with Gasteiger partial charge in [-0.25, -0.2) is 0 Å². The van der Waals surface area contributed by atoms with Crippen molar-refractivity contribution in [2.24, 2.45) is 0 Å². The van der Waals surface area contributed by atoms with E-state index in [-0.39, 0.29) is 5.91 Å². The predicted octanol–water partition coefficient (Wildman–Crippen LogP) is 1.92. The van der Waals surface area contributed by atoms with Gasteiger partial charge in [0.2, 0.25) is 5.91 Å². The monoisotopic (exact) mass is 334 g/mol. The third kappa shape index (κ3) is 5.19. The predicted molar refractivity (Wildman–Crippen MR) is 95.8 cm³/mol. The molecule has 0 radical (unpaired) electrons. The summed E-state index contributed by atoms with van der Waals surface area (Å²) >= 11 is 2.07. The fraction of sp³-hybridized carbons (Fsp3) is 0.647. The maximum absolute atomic E-state index is 12.0. The maximum Gasteiger partial charge on any atom is 0.225 e. The largest absolute Gasteiger partial charge is 0.325 e. The molecule has 1 aromatic heterocycles. The zero-order chi connectivity index (χ0) is 15.9. The molecular formula is C17H26N4OS. The molecule has 3 heterocycles. The number of amides is 1. The van der Waals surface area contributed by atoms with Gasteiger partial charge in [-0.15, -0.1) is 0 Å². The van der Waals surface area contributed by atoms with Crippen LogP contribution in [0.2, 0.25) is 0 Å². The second-order valence-electron chi connectivity index (χ2n) is 6.26. The van der Waals surface area contributed by atoms with Crippen LogP contribution < -0.4 is 5.32 Å². The van der Waals surface area contributed by atoms with E-state index in [1.54, 1.807) is 12.4 Å². The standard InChI is InChI=1S/C17H26N4OS/c22-17(19-15-2-1-6-18-14-15)5-9-20-7-3-16(4-8-20)21-10-12-23-13-11-21/h1-2,6,14,16H,3-5,7-13H2,(H,19,22). The fourth-order valence-electron chi connectivity index (χ4n) is 3.37. The molecule has 0 unspecified atom stereocenters. The molecule has 1 amide bonds. The summed E-state index contributed by atoms with van der Waals surface area (Å²) in [6.07, 6.45) is 6.44. The summed E-state index contributed by atoms with van der Waals surface area (Å²) in [5.41, 5.74) is 0.777. The lowest BCUT2D eigenvalue weighted by atomic mass is 10.0. The third-order valence-electron chi connectivity index (χ3n) is 4.72. The van der Waals surface area contributed by atoms with Crippen LogP contribution in [-0.4, -0.2) is 71.0 Å². The quantitative estimate of drug-likeness (QED) is 0.891. The molecule has 0 spiro atoms. The van der Waals surface area contributed by atoms with Crippen LogP contribution >= 0.6 is 11.8 Å². The molecule has 0 aromatic carbocycles. The SMILES string of the molecule is O=C(CCN1CCC(N2CCSCC2)CC1)Nc1cccnc1. The molecule has 5 nitrogen and oxygen atoms in total. The molecule has 3 rings (SSSR count). The van der Waals surface area contributed by atoms with Crippen LogP contribution in [0.3, 0.4) is 0 Å². The number of carbonyl (C=O) groups excluding carboxylic acids is 1.